The molecular weight excluding hydrogens is 472 g/mol. The van der Waals surface area contributed by atoms with Crippen LogP contribution >= 0.6 is 0 Å². The van der Waals surface area contributed by atoms with Gasteiger partial charge in [-0.15, -0.1) is 5.10 Å². The Kier molecular flexibility index (Phi) is 7.75. The van der Waals surface area contributed by atoms with Crippen molar-refractivity contribution in [3.63, 3.8) is 0 Å². The Balaban J connectivity index is 1.48. The maximum atomic E-state index is 13.1. The first-order chi connectivity index (χ1) is 18.5. The fourth-order valence-electron chi connectivity index (χ4n) is 5.01. The van der Waals surface area contributed by atoms with Gasteiger partial charge in [-0.25, -0.2) is 4.68 Å². The van der Waals surface area contributed by atoms with Crippen LogP contribution in [0.15, 0.2) is 83.7 Å². The van der Waals surface area contributed by atoms with Crippen molar-refractivity contribution in [1.29, 1.82) is 0 Å². The maximum absolute atomic E-state index is 13.1. The molecule has 0 aliphatic rings. The predicted molar refractivity (Wildman–Crippen MR) is 151 cm³/mol. The van der Waals surface area contributed by atoms with Crippen molar-refractivity contribution < 1.29 is 0 Å². The van der Waals surface area contributed by atoms with Crippen molar-refractivity contribution in [3.05, 3.63) is 123 Å². The van der Waals surface area contributed by atoms with E-state index in [0.717, 1.165) is 40.7 Å². The zero-order valence-corrected chi connectivity index (χ0v) is 22.3. The smallest absolute Gasteiger partial charge is 0.252 e. The van der Waals surface area contributed by atoms with Crippen LogP contribution in [0.5, 0.6) is 0 Å². The number of aryl methyl sites for hydroxylation is 4. The summed E-state index contributed by atoms with van der Waals surface area (Å²) in [5, 5.41) is 13.9. The summed E-state index contributed by atoms with van der Waals surface area (Å²) in [6.45, 7) is 8.16. The van der Waals surface area contributed by atoms with E-state index in [4.69, 9.17) is 0 Å². The molecular formula is C31H34N6O. The number of tetrazole rings is 1. The van der Waals surface area contributed by atoms with Gasteiger partial charge in [0.2, 0.25) is 0 Å². The van der Waals surface area contributed by atoms with Crippen LogP contribution in [-0.4, -0.2) is 30.1 Å². The normalized spacial score (nSPS) is 12.3. The van der Waals surface area contributed by atoms with Gasteiger partial charge in [0.1, 0.15) is 0 Å². The number of hydrogen-bond acceptors (Lipinski definition) is 5. The van der Waals surface area contributed by atoms with Crippen LogP contribution in [0.3, 0.4) is 0 Å². The van der Waals surface area contributed by atoms with Crippen LogP contribution in [0.1, 0.15) is 53.0 Å². The van der Waals surface area contributed by atoms with E-state index >= 15 is 0 Å². The van der Waals surface area contributed by atoms with E-state index in [1.165, 1.54) is 16.7 Å². The van der Waals surface area contributed by atoms with Gasteiger partial charge in [0.15, 0.2) is 5.82 Å². The van der Waals surface area contributed by atoms with E-state index in [9.17, 15) is 4.79 Å². The molecule has 5 rings (SSSR count). The summed E-state index contributed by atoms with van der Waals surface area (Å²) >= 11 is 0. The summed E-state index contributed by atoms with van der Waals surface area (Å²) in [6, 6.07) is 27.0. The van der Waals surface area contributed by atoms with Crippen LogP contribution < -0.4 is 5.56 Å². The van der Waals surface area contributed by atoms with E-state index in [0.29, 0.717) is 19.6 Å². The molecule has 0 bridgehead atoms. The minimum atomic E-state index is -0.0613. The highest BCUT2D eigenvalue weighted by atomic mass is 16.1. The number of aromatic nitrogens is 5. The van der Waals surface area contributed by atoms with Crippen LogP contribution in [0, 0.1) is 13.8 Å². The largest absolute Gasteiger partial charge is 0.322 e. The van der Waals surface area contributed by atoms with Crippen molar-refractivity contribution in [2.45, 2.75) is 59.3 Å². The second-order valence-electron chi connectivity index (χ2n) is 10.0. The lowest BCUT2D eigenvalue weighted by Gasteiger charge is -2.30. The van der Waals surface area contributed by atoms with Crippen molar-refractivity contribution >= 4 is 10.9 Å². The SMILES string of the molecule is CC[C@@H](c1nnnn1CCc1ccccc1)N(Cc1ccc(C)cc1)Cc1cc2cc(C)ccc2[nH]c1=O. The molecule has 7 nitrogen and oxygen atoms in total. The van der Waals surface area contributed by atoms with Crippen LogP contribution in [0.4, 0.5) is 0 Å². The first kappa shape index (κ1) is 25.5. The molecule has 38 heavy (non-hydrogen) atoms. The summed E-state index contributed by atoms with van der Waals surface area (Å²) in [5.74, 6) is 0.823. The Labute approximate surface area is 223 Å². The molecule has 0 amide bonds. The highest BCUT2D eigenvalue weighted by molar-refractivity contribution is 5.79. The minimum absolute atomic E-state index is 0.0605. The highest BCUT2D eigenvalue weighted by Gasteiger charge is 2.26. The first-order valence-electron chi connectivity index (χ1n) is 13.2. The van der Waals surface area contributed by atoms with Gasteiger partial charge in [-0.1, -0.05) is 78.7 Å². The third-order valence-corrected chi connectivity index (χ3v) is 7.10. The number of aromatic amines is 1. The molecule has 0 saturated carbocycles. The van der Waals surface area contributed by atoms with Gasteiger partial charge in [-0.05, 0) is 71.8 Å². The number of fused-ring (bicyclic) bond motifs is 1. The number of benzene rings is 3. The lowest BCUT2D eigenvalue weighted by molar-refractivity contribution is 0.160. The second kappa shape index (κ2) is 11.5. The Morgan fingerprint density at radius 1 is 0.895 bits per heavy atom. The molecule has 0 fully saturated rings. The van der Waals surface area contributed by atoms with E-state index in [2.05, 4.69) is 101 Å². The van der Waals surface area contributed by atoms with Gasteiger partial charge in [0.05, 0.1) is 6.04 Å². The molecule has 2 heterocycles. The fraction of sp³-hybridized carbons (Fsp3) is 0.290. The molecule has 0 saturated heterocycles. The quantitative estimate of drug-likeness (QED) is 0.270. The van der Waals surface area contributed by atoms with Crippen molar-refractivity contribution in [2.75, 3.05) is 0 Å². The van der Waals surface area contributed by atoms with E-state index < -0.39 is 0 Å². The topological polar surface area (TPSA) is 79.7 Å². The fourth-order valence-corrected chi connectivity index (χ4v) is 5.01. The highest BCUT2D eigenvalue weighted by Crippen LogP contribution is 2.27. The molecule has 1 N–H and O–H groups in total. The third-order valence-electron chi connectivity index (χ3n) is 7.10. The Morgan fingerprint density at radius 2 is 1.66 bits per heavy atom. The Bertz CT molecular complexity index is 1560. The molecule has 3 aromatic carbocycles. The molecule has 0 spiro atoms. The lowest BCUT2D eigenvalue weighted by atomic mass is 10.1. The van der Waals surface area contributed by atoms with Gasteiger partial charge in [0, 0.05) is 30.7 Å². The van der Waals surface area contributed by atoms with Crippen LogP contribution in [0.25, 0.3) is 10.9 Å². The van der Waals surface area contributed by atoms with E-state index in [-0.39, 0.29) is 11.6 Å². The summed E-state index contributed by atoms with van der Waals surface area (Å²) in [7, 11) is 0. The van der Waals surface area contributed by atoms with Gasteiger partial charge in [-0.3, -0.25) is 9.69 Å². The van der Waals surface area contributed by atoms with Crippen LogP contribution in [-0.2, 0) is 26.1 Å². The number of pyridine rings is 1. The lowest BCUT2D eigenvalue weighted by Crippen LogP contribution is -2.32. The zero-order valence-electron chi connectivity index (χ0n) is 22.3. The first-order valence-corrected chi connectivity index (χ1v) is 13.2. The zero-order chi connectivity index (χ0) is 26.5. The average molecular weight is 507 g/mol. The minimum Gasteiger partial charge on any atom is -0.322 e. The molecule has 5 aromatic rings. The number of nitrogens with one attached hydrogen (secondary N) is 1. The molecule has 0 aliphatic carbocycles. The van der Waals surface area contributed by atoms with Gasteiger partial charge < -0.3 is 4.98 Å². The molecule has 7 heteroatoms. The Hall–Kier alpha value is -4.10. The number of rotatable bonds is 10. The standard InChI is InChI=1S/C31H34N6O/c1-4-29(30-33-34-35-37(30)17-16-24-8-6-5-7-9-24)36(20-25-13-10-22(2)11-14-25)21-27-19-26-18-23(3)12-15-28(26)32-31(27)38/h5-15,18-19,29H,4,16-17,20-21H2,1-3H3,(H,32,38)/t29-/m0/s1. The van der Waals surface area contributed by atoms with Crippen molar-refractivity contribution in [2.24, 2.45) is 0 Å². The summed E-state index contributed by atoms with van der Waals surface area (Å²) < 4.78 is 1.91. The second-order valence-corrected chi connectivity index (χ2v) is 10.0. The maximum Gasteiger partial charge on any atom is 0.252 e. The van der Waals surface area contributed by atoms with Gasteiger partial charge in [-0.2, -0.15) is 0 Å². The number of nitrogens with zero attached hydrogens (tertiary/aromatic N) is 5. The molecule has 0 aliphatic heterocycles. The van der Waals surface area contributed by atoms with Crippen LogP contribution in [0.2, 0.25) is 0 Å². The predicted octanol–water partition coefficient (Wildman–Crippen LogP) is 5.53. The van der Waals surface area contributed by atoms with Crippen molar-refractivity contribution in [3.8, 4) is 0 Å². The monoisotopic (exact) mass is 506 g/mol. The van der Waals surface area contributed by atoms with E-state index in [1.807, 2.05) is 28.9 Å². The van der Waals surface area contributed by atoms with Gasteiger partial charge in [0.25, 0.3) is 5.56 Å². The molecule has 1 atom stereocenters. The molecule has 0 radical (unpaired) electrons. The van der Waals surface area contributed by atoms with Crippen molar-refractivity contribution in [1.82, 2.24) is 30.1 Å². The number of hydrogen-bond donors (Lipinski definition) is 1. The third kappa shape index (κ3) is 5.89. The summed E-state index contributed by atoms with van der Waals surface area (Å²) in [5.41, 5.74) is 6.34. The Morgan fingerprint density at radius 3 is 2.42 bits per heavy atom. The number of H-pyrrole nitrogens is 1. The summed E-state index contributed by atoms with van der Waals surface area (Å²) in [4.78, 5) is 18.5. The molecule has 2 aromatic heterocycles. The molecule has 0 unspecified atom stereocenters. The van der Waals surface area contributed by atoms with E-state index in [1.54, 1.807) is 0 Å². The van der Waals surface area contributed by atoms with Gasteiger partial charge >= 0.3 is 0 Å². The average Bonchev–Trinajstić information content (AvgIpc) is 3.38. The molecule has 194 valence electrons. The summed E-state index contributed by atoms with van der Waals surface area (Å²) in [6.07, 6.45) is 1.65.